The summed E-state index contributed by atoms with van der Waals surface area (Å²) >= 11 is 0. The van der Waals surface area contributed by atoms with Gasteiger partial charge in [0.2, 0.25) is 5.91 Å². The standard InChI is InChI=1S/C14H18N2O3/c1-14(13(18)19,10-5-6-10)16-12(17)8-7-11-4-2-3-9-15-11/h2-4,9-10H,5-8H2,1H3,(H,16,17)(H,18,19). The first-order valence-corrected chi connectivity index (χ1v) is 6.46. The van der Waals surface area contributed by atoms with Crippen molar-refractivity contribution in [2.75, 3.05) is 0 Å². The van der Waals surface area contributed by atoms with E-state index in [2.05, 4.69) is 10.3 Å². The first-order chi connectivity index (χ1) is 9.02. The first kappa shape index (κ1) is 13.5. The summed E-state index contributed by atoms with van der Waals surface area (Å²) in [6.45, 7) is 1.59. The van der Waals surface area contributed by atoms with Gasteiger partial charge >= 0.3 is 5.97 Å². The number of nitrogens with zero attached hydrogens (tertiary/aromatic N) is 1. The minimum atomic E-state index is -1.12. The lowest BCUT2D eigenvalue weighted by Gasteiger charge is -2.26. The van der Waals surface area contributed by atoms with Crippen molar-refractivity contribution in [2.45, 2.75) is 38.1 Å². The molecule has 1 saturated carbocycles. The number of carbonyl (C=O) groups excluding carboxylic acids is 1. The molecule has 5 heteroatoms. The highest BCUT2D eigenvalue weighted by atomic mass is 16.4. The lowest BCUT2D eigenvalue weighted by molar-refractivity contribution is -0.147. The molecular weight excluding hydrogens is 244 g/mol. The average Bonchev–Trinajstić information content (AvgIpc) is 3.22. The Bertz CT molecular complexity index is 471. The van der Waals surface area contributed by atoms with Crippen molar-refractivity contribution < 1.29 is 14.7 Å². The molecule has 19 heavy (non-hydrogen) atoms. The lowest BCUT2D eigenvalue weighted by atomic mass is 9.95. The Kier molecular flexibility index (Phi) is 3.83. The number of carboxylic acids is 1. The van der Waals surface area contributed by atoms with E-state index in [0.717, 1.165) is 18.5 Å². The molecule has 1 amide bonds. The maximum Gasteiger partial charge on any atom is 0.329 e. The Balaban J connectivity index is 1.88. The zero-order chi connectivity index (χ0) is 13.9. The first-order valence-electron chi connectivity index (χ1n) is 6.46. The van der Waals surface area contributed by atoms with Gasteiger partial charge in [0.15, 0.2) is 0 Å². The average molecular weight is 262 g/mol. The molecule has 1 aliphatic carbocycles. The van der Waals surface area contributed by atoms with E-state index in [9.17, 15) is 14.7 Å². The minimum Gasteiger partial charge on any atom is -0.480 e. The van der Waals surface area contributed by atoms with Gasteiger partial charge in [0, 0.05) is 18.3 Å². The fourth-order valence-electron chi connectivity index (χ4n) is 2.13. The zero-order valence-corrected chi connectivity index (χ0v) is 10.9. The molecule has 1 aromatic rings. The minimum absolute atomic E-state index is 0.0591. The highest BCUT2D eigenvalue weighted by molar-refractivity contribution is 5.87. The van der Waals surface area contributed by atoms with Gasteiger partial charge in [0.05, 0.1) is 0 Å². The molecule has 2 N–H and O–H groups in total. The predicted octanol–water partition coefficient (Wildman–Crippen LogP) is 1.38. The highest BCUT2D eigenvalue weighted by Crippen LogP contribution is 2.39. The van der Waals surface area contributed by atoms with Gasteiger partial charge in [0.1, 0.15) is 5.54 Å². The Labute approximate surface area is 112 Å². The molecule has 0 aliphatic heterocycles. The molecule has 2 rings (SSSR count). The second kappa shape index (κ2) is 5.38. The molecule has 1 aromatic heterocycles. The van der Waals surface area contributed by atoms with E-state index in [-0.39, 0.29) is 18.2 Å². The third kappa shape index (κ3) is 3.30. The van der Waals surface area contributed by atoms with Crippen molar-refractivity contribution in [3.05, 3.63) is 30.1 Å². The van der Waals surface area contributed by atoms with E-state index < -0.39 is 11.5 Å². The molecule has 5 nitrogen and oxygen atoms in total. The molecule has 1 atom stereocenters. The van der Waals surface area contributed by atoms with E-state index in [4.69, 9.17) is 0 Å². The zero-order valence-electron chi connectivity index (χ0n) is 10.9. The highest BCUT2D eigenvalue weighted by Gasteiger charge is 2.48. The topological polar surface area (TPSA) is 79.3 Å². The van der Waals surface area contributed by atoms with Crippen LogP contribution in [-0.4, -0.2) is 27.5 Å². The molecule has 1 fully saturated rings. The van der Waals surface area contributed by atoms with E-state index in [1.165, 1.54) is 0 Å². The van der Waals surface area contributed by atoms with Crippen LogP contribution in [-0.2, 0) is 16.0 Å². The molecular formula is C14H18N2O3. The van der Waals surface area contributed by atoms with Crippen LogP contribution in [0.4, 0.5) is 0 Å². The van der Waals surface area contributed by atoms with Gasteiger partial charge in [-0.2, -0.15) is 0 Å². The van der Waals surface area contributed by atoms with Crippen LogP contribution < -0.4 is 5.32 Å². The lowest BCUT2D eigenvalue weighted by Crippen LogP contribution is -2.54. The predicted molar refractivity (Wildman–Crippen MR) is 69.5 cm³/mol. The molecule has 0 aromatic carbocycles. The van der Waals surface area contributed by atoms with Crippen LogP contribution in [0.25, 0.3) is 0 Å². The molecule has 1 unspecified atom stereocenters. The van der Waals surface area contributed by atoms with Crippen LogP contribution in [0, 0.1) is 5.92 Å². The molecule has 1 heterocycles. The van der Waals surface area contributed by atoms with Gasteiger partial charge in [-0.3, -0.25) is 9.78 Å². The third-order valence-corrected chi connectivity index (χ3v) is 3.57. The number of aromatic nitrogens is 1. The van der Waals surface area contributed by atoms with E-state index in [1.807, 2.05) is 18.2 Å². The van der Waals surface area contributed by atoms with Crippen molar-refractivity contribution in [2.24, 2.45) is 5.92 Å². The summed E-state index contributed by atoms with van der Waals surface area (Å²) in [4.78, 5) is 27.3. The second-order valence-electron chi connectivity index (χ2n) is 5.15. The van der Waals surface area contributed by atoms with Gasteiger partial charge in [0.25, 0.3) is 0 Å². The number of aliphatic carboxylic acids is 1. The number of carbonyl (C=O) groups is 2. The van der Waals surface area contributed by atoms with E-state index >= 15 is 0 Å². The maximum absolute atomic E-state index is 11.9. The van der Waals surface area contributed by atoms with Crippen molar-refractivity contribution in [3.63, 3.8) is 0 Å². The number of amides is 1. The Morgan fingerprint density at radius 1 is 1.47 bits per heavy atom. The summed E-state index contributed by atoms with van der Waals surface area (Å²) in [7, 11) is 0. The summed E-state index contributed by atoms with van der Waals surface area (Å²) in [6, 6.07) is 5.54. The van der Waals surface area contributed by atoms with Crippen LogP contribution in [0.1, 0.15) is 31.9 Å². The Hall–Kier alpha value is -1.91. The molecule has 0 spiro atoms. The van der Waals surface area contributed by atoms with E-state index in [0.29, 0.717) is 6.42 Å². The van der Waals surface area contributed by atoms with Crippen molar-refractivity contribution in [1.29, 1.82) is 0 Å². The van der Waals surface area contributed by atoms with Crippen molar-refractivity contribution in [3.8, 4) is 0 Å². The monoisotopic (exact) mass is 262 g/mol. The fraction of sp³-hybridized carbons (Fsp3) is 0.500. The van der Waals surface area contributed by atoms with Gasteiger partial charge in [-0.05, 0) is 44.2 Å². The maximum atomic E-state index is 11.9. The number of rotatable bonds is 6. The van der Waals surface area contributed by atoms with Crippen LogP contribution in [0.2, 0.25) is 0 Å². The normalized spacial score (nSPS) is 17.5. The molecule has 0 saturated heterocycles. The number of hydrogen-bond donors (Lipinski definition) is 2. The summed E-state index contributed by atoms with van der Waals surface area (Å²) in [6.07, 6.45) is 4.19. The van der Waals surface area contributed by atoms with Crippen LogP contribution in [0.15, 0.2) is 24.4 Å². The molecule has 102 valence electrons. The number of hydrogen-bond acceptors (Lipinski definition) is 3. The van der Waals surface area contributed by atoms with Crippen molar-refractivity contribution >= 4 is 11.9 Å². The molecule has 1 aliphatic rings. The van der Waals surface area contributed by atoms with Crippen LogP contribution in [0.5, 0.6) is 0 Å². The fourth-order valence-corrected chi connectivity index (χ4v) is 2.13. The Morgan fingerprint density at radius 3 is 2.74 bits per heavy atom. The number of nitrogens with one attached hydrogen (secondary N) is 1. The SMILES string of the molecule is CC(NC(=O)CCc1ccccn1)(C(=O)O)C1CC1. The summed E-state index contributed by atoms with van der Waals surface area (Å²) < 4.78 is 0. The summed E-state index contributed by atoms with van der Waals surface area (Å²) in [5.41, 5.74) is -0.289. The number of aryl methyl sites for hydroxylation is 1. The second-order valence-corrected chi connectivity index (χ2v) is 5.15. The third-order valence-electron chi connectivity index (χ3n) is 3.57. The summed E-state index contributed by atoms with van der Waals surface area (Å²) in [5, 5.41) is 11.9. The smallest absolute Gasteiger partial charge is 0.329 e. The molecule has 0 bridgehead atoms. The van der Waals surface area contributed by atoms with Gasteiger partial charge in [-0.15, -0.1) is 0 Å². The molecule has 0 radical (unpaired) electrons. The summed E-state index contributed by atoms with van der Waals surface area (Å²) in [5.74, 6) is -1.13. The number of carboxylic acid groups (broad SMARTS) is 1. The van der Waals surface area contributed by atoms with Gasteiger partial charge in [-0.1, -0.05) is 6.07 Å². The quantitative estimate of drug-likeness (QED) is 0.811. The Morgan fingerprint density at radius 2 is 2.21 bits per heavy atom. The van der Waals surface area contributed by atoms with Crippen molar-refractivity contribution in [1.82, 2.24) is 10.3 Å². The van der Waals surface area contributed by atoms with Crippen LogP contribution >= 0.6 is 0 Å². The van der Waals surface area contributed by atoms with Gasteiger partial charge in [-0.25, -0.2) is 4.79 Å². The van der Waals surface area contributed by atoms with Gasteiger partial charge < -0.3 is 10.4 Å². The number of pyridine rings is 1. The van der Waals surface area contributed by atoms with E-state index in [1.54, 1.807) is 13.1 Å². The largest absolute Gasteiger partial charge is 0.480 e. The van der Waals surface area contributed by atoms with Crippen LogP contribution in [0.3, 0.4) is 0 Å².